The number of carboxylic acids is 1. The number of oxazole rings is 1. The Bertz CT molecular complexity index is 451. The van der Waals surface area contributed by atoms with Gasteiger partial charge in [-0.05, 0) is 0 Å². The van der Waals surface area contributed by atoms with E-state index in [0.29, 0.717) is 6.54 Å². The van der Waals surface area contributed by atoms with Crippen LogP contribution in [0.1, 0.15) is 16.2 Å². The van der Waals surface area contributed by atoms with Gasteiger partial charge in [0.25, 0.3) is 6.01 Å². The summed E-state index contributed by atoms with van der Waals surface area (Å²) in [5, 5.41) is 13.3. The van der Waals surface area contributed by atoms with Gasteiger partial charge in [-0.1, -0.05) is 0 Å². The van der Waals surface area contributed by atoms with E-state index >= 15 is 0 Å². The number of thiazole rings is 1. The van der Waals surface area contributed by atoms with Crippen LogP contribution in [0.25, 0.3) is 0 Å². The number of anilines is 1. The van der Waals surface area contributed by atoms with Crippen LogP contribution in [0.2, 0.25) is 0 Å². The van der Waals surface area contributed by atoms with E-state index in [1.54, 1.807) is 5.51 Å². The Kier molecular flexibility index (Phi) is 2.64. The maximum absolute atomic E-state index is 10.5. The smallest absolute Gasteiger partial charge is 0.357 e. The van der Waals surface area contributed by atoms with Crippen molar-refractivity contribution in [2.24, 2.45) is 0 Å². The lowest BCUT2D eigenvalue weighted by Crippen LogP contribution is -2.01. The van der Waals surface area contributed by atoms with Crippen molar-refractivity contribution in [3.63, 3.8) is 0 Å². The predicted molar refractivity (Wildman–Crippen MR) is 52.9 cm³/mol. The second-order valence-electron chi connectivity index (χ2n) is 2.68. The number of carbonyl (C=O) groups is 1. The second kappa shape index (κ2) is 4.09. The zero-order valence-electron chi connectivity index (χ0n) is 7.51. The molecule has 0 radical (unpaired) electrons. The summed E-state index contributed by atoms with van der Waals surface area (Å²) < 4.78 is 4.90. The van der Waals surface area contributed by atoms with E-state index in [1.807, 2.05) is 5.38 Å². The molecule has 0 bridgehead atoms. The molecule has 0 unspecified atom stereocenters. The second-order valence-corrected chi connectivity index (χ2v) is 3.40. The molecule has 2 aromatic heterocycles. The highest BCUT2D eigenvalue weighted by Crippen LogP contribution is 2.09. The third kappa shape index (κ3) is 2.32. The van der Waals surface area contributed by atoms with Crippen molar-refractivity contribution in [1.82, 2.24) is 9.97 Å². The van der Waals surface area contributed by atoms with Gasteiger partial charge in [0.05, 0.1) is 17.7 Å². The third-order valence-corrected chi connectivity index (χ3v) is 2.26. The highest BCUT2D eigenvalue weighted by molar-refractivity contribution is 7.07. The fourth-order valence-corrected chi connectivity index (χ4v) is 1.50. The molecule has 0 saturated heterocycles. The number of carboxylic acid groups (broad SMARTS) is 1. The number of hydrogen-bond acceptors (Lipinski definition) is 6. The van der Waals surface area contributed by atoms with Crippen LogP contribution in [0.15, 0.2) is 21.6 Å². The lowest BCUT2D eigenvalue weighted by Gasteiger charge is -1.96. The Morgan fingerprint density at radius 1 is 1.67 bits per heavy atom. The molecule has 0 spiro atoms. The summed E-state index contributed by atoms with van der Waals surface area (Å²) in [7, 11) is 0. The van der Waals surface area contributed by atoms with Gasteiger partial charge in [-0.2, -0.15) is 4.98 Å². The van der Waals surface area contributed by atoms with E-state index in [2.05, 4.69) is 15.3 Å². The fraction of sp³-hybridized carbons (Fsp3) is 0.125. The number of aromatic carboxylic acids is 1. The van der Waals surface area contributed by atoms with E-state index < -0.39 is 5.97 Å². The lowest BCUT2D eigenvalue weighted by molar-refractivity contribution is 0.0690. The monoisotopic (exact) mass is 225 g/mol. The van der Waals surface area contributed by atoms with Crippen LogP contribution >= 0.6 is 11.3 Å². The minimum atomic E-state index is -1.11. The number of rotatable bonds is 4. The van der Waals surface area contributed by atoms with Crippen LogP contribution in [0.5, 0.6) is 0 Å². The number of aromatic nitrogens is 2. The van der Waals surface area contributed by atoms with E-state index in [4.69, 9.17) is 9.52 Å². The molecule has 6 nitrogen and oxygen atoms in total. The van der Waals surface area contributed by atoms with E-state index in [1.165, 1.54) is 11.3 Å². The van der Waals surface area contributed by atoms with Crippen molar-refractivity contribution in [2.75, 3.05) is 5.32 Å². The summed E-state index contributed by atoms with van der Waals surface area (Å²) in [6.45, 7) is 0.461. The highest BCUT2D eigenvalue weighted by Gasteiger charge is 2.09. The average Bonchev–Trinajstić information content (AvgIpc) is 2.86. The van der Waals surface area contributed by atoms with Gasteiger partial charge in [-0.25, -0.2) is 9.78 Å². The molecule has 78 valence electrons. The first-order valence-electron chi connectivity index (χ1n) is 4.05. The van der Waals surface area contributed by atoms with Gasteiger partial charge in [0.15, 0.2) is 5.69 Å². The molecule has 0 amide bonds. The number of nitrogens with zero attached hydrogens (tertiary/aromatic N) is 2. The summed E-state index contributed by atoms with van der Waals surface area (Å²) in [5.74, 6) is -1.11. The topological polar surface area (TPSA) is 88.2 Å². The first-order chi connectivity index (χ1) is 7.25. The molecular formula is C8H7N3O3S. The molecule has 2 aromatic rings. The molecule has 0 aromatic carbocycles. The summed E-state index contributed by atoms with van der Waals surface area (Å²) in [6, 6.07) is 0.181. The predicted octanol–water partition coefficient (Wildman–Crippen LogP) is 1.44. The van der Waals surface area contributed by atoms with Crippen LogP contribution in [0.4, 0.5) is 6.01 Å². The minimum absolute atomic E-state index is 0.115. The molecule has 0 aliphatic carbocycles. The van der Waals surface area contributed by atoms with Crippen LogP contribution in [-0.2, 0) is 6.54 Å². The highest BCUT2D eigenvalue weighted by atomic mass is 32.1. The van der Waals surface area contributed by atoms with Crippen LogP contribution in [0.3, 0.4) is 0 Å². The fourth-order valence-electron chi connectivity index (χ4n) is 0.944. The summed E-state index contributed by atoms with van der Waals surface area (Å²) in [6.07, 6.45) is 1.09. The van der Waals surface area contributed by atoms with Crippen molar-refractivity contribution >= 4 is 23.3 Å². The van der Waals surface area contributed by atoms with E-state index in [0.717, 1.165) is 12.0 Å². The van der Waals surface area contributed by atoms with Crippen molar-refractivity contribution in [1.29, 1.82) is 0 Å². The van der Waals surface area contributed by atoms with Crippen LogP contribution in [0, 0.1) is 0 Å². The summed E-state index contributed by atoms with van der Waals surface area (Å²) in [4.78, 5) is 18.2. The quantitative estimate of drug-likeness (QED) is 0.818. The summed E-state index contributed by atoms with van der Waals surface area (Å²) >= 11 is 1.49. The SMILES string of the molecule is O=C(O)c1coc(NCc2cscn2)n1. The standard InChI is InChI=1S/C8H7N3O3S/c12-7(13)6-2-14-8(11-6)9-1-5-3-15-4-10-5/h2-4H,1H2,(H,9,11)(H,12,13). The Labute approximate surface area is 88.6 Å². The lowest BCUT2D eigenvalue weighted by atomic mass is 10.5. The van der Waals surface area contributed by atoms with E-state index in [-0.39, 0.29) is 11.7 Å². The van der Waals surface area contributed by atoms with Crippen LogP contribution in [-0.4, -0.2) is 21.0 Å². The van der Waals surface area contributed by atoms with Gasteiger partial charge in [0.2, 0.25) is 0 Å². The molecule has 0 atom stereocenters. The van der Waals surface area contributed by atoms with Crippen molar-refractivity contribution in [2.45, 2.75) is 6.54 Å². The van der Waals surface area contributed by atoms with Crippen molar-refractivity contribution < 1.29 is 14.3 Å². The van der Waals surface area contributed by atoms with Crippen molar-refractivity contribution in [3.8, 4) is 0 Å². The average molecular weight is 225 g/mol. The molecule has 15 heavy (non-hydrogen) atoms. The molecule has 0 saturated carbocycles. The molecule has 0 aliphatic rings. The van der Waals surface area contributed by atoms with Gasteiger partial charge in [0, 0.05) is 5.38 Å². The Hall–Kier alpha value is -1.89. The first kappa shape index (κ1) is 9.66. The normalized spacial score (nSPS) is 10.1. The molecule has 7 heteroatoms. The molecular weight excluding hydrogens is 218 g/mol. The summed E-state index contributed by atoms with van der Waals surface area (Å²) in [5.41, 5.74) is 2.46. The van der Waals surface area contributed by atoms with Crippen molar-refractivity contribution in [3.05, 3.63) is 28.5 Å². The maximum atomic E-state index is 10.5. The molecule has 2 rings (SSSR count). The Balaban J connectivity index is 1.96. The third-order valence-electron chi connectivity index (χ3n) is 1.63. The molecule has 0 aliphatic heterocycles. The largest absolute Gasteiger partial charge is 0.476 e. The maximum Gasteiger partial charge on any atom is 0.357 e. The van der Waals surface area contributed by atoms with Gasteiger partial charge in [-0.15, -0.1) is 11.3 Å². The van der Waals surface area contributed by atoms with Gasteiger partial charge in [-0.3, -0.25) is 0 Å². The Morgan fingerprint density at radius 2 is 2.53 bits per heavy atom. The molecule has 0 fully saturated rings. The zero-order chi connectivity index (χ0) is 10.7. The van der Waals surface area contributed by atoms with E-state index in [9.17, 15) is 4.79 Å². The van der Waals surface area contributed by atoms with Crippen LogP contribution < -0.4 is 5.32 Å². The zero-order valence-corrected chi connectivity index (χ0v) is 8.32. The van der Waals surface area contributed by atoms with Gasteiger partial charge >= 0.3 is 5.97 Å². The first-order valence-corrected chi connectivity index (χ1v) is 5.00. The van der Waals surface area contributed by atoms with Gasteiger partial charge in [0.1, 0.15) is 6.26 Å². The number of hydrogen-bond donors (Lipinski definition) is 2. The van der Waals surface area contributed by atoms with Gasteiger partial charge < -0.3 is 14.8 Å². The molecule has 2 heterocycles. The Morgan fingerprint density at radius 3 is 3.13 bits per heavy atom. The molecule has 2 N–H and O–H groups in total. The number of nitrogens with one attached hydrogen (secondary N) is 1. The minimum Gasteiger partial charge on any atom is -0.476 e.